The van der Waals surface area contributed by atoms with Gasteiger partial charge in [0.1, 0.15) is 0 Å². The lowest BCUT2D eigenvalue weighted by molar-refractivity contribution is -0.470. The third-order valence-electron chi connectivity index (χ3n) is 0.564. The van der Waals surface area contributed by atoms with Crippen LogP contribution in [0.15, 0.2) is 0 Å². The molecule has 0 aromatic rings. The highest BCUT2D eigenvalue weighted by atomic mass is 16.6. The third-order valence-corrected chi connectivity index (χ3v) is 0.564. The van der Waals surface area contributed by atoms with Crippen LogP contribution in [0.5, 0.6) is 0 Å². The van der Waals surface area contributed by atoms with Gasteiger partial charge in [0.25, 0.3) is 6.54 Å². The molecule has 0 atom stereocenters. The van der Waals surface area contributed by atoms with Gasteiger partial charge >= 0.3 is 5.97 Å². The molecule has 0 unspecified atom stereocenters. The van der Waals surface area contributed by atoms with E-state index in [0.29, 0.717) is 0 Å². The van der Waals surface area contributed by atoms with Gasteiger partial charge in [-0.1, -0.05) is 0 Å². The lowest BCUT2D eigenvalue weighted by atomic mass is 10.7. The average Bonchev–Trinajstić information content (AvgIpc) is 1.87. The predicted molar refractivity (Wildman–Crippen MR) is 41.3 cm³/mol. The van der Waals surface area contributed by atoms with Gasteiger partial charge in [-0.05, 0) is 13.8 Å². The minimum absolute atomic E-state index is 0.187. The number of carbonyl (C=O) groups is 1. The number of rotatable bonds is 3. The zero-order chi connectivity index (χ0) is 9.98. The van der Waals surface area contributed by atoms with Crippen molar-refractivity contribution < 1.29 is 19.6 Å². The van der Waals surface area contributed by atoms with E-state index >= 15 is 0 Å². The molecule has 0 rings (SSSR count). The predicted octanol–water partition coefficient (Wildman–Crippen LogP) is -0.175. The summed E-state index contributed by atoms with van der Waals surface area (Å²) in [4.78, 5) is 19.1. The second-order valence-corrected chi connectivity index (χ2v) is 1.61. The molecule has 0 amide bonds. The van der Waals surface area contributed by atoms with Crippen LogP contribution < -0.4 is 0 Å². The SMILES string of the molecule is CCO.CCOC(=O)C[N+](=O)[O-]. The van der Waals surface area contributed by atoms with Crippen molar-refractivity contribution in [2.45, 2.75) is 13.8 Å². The van der Waals surface area contributed by atoms with Crippen LogP contribution in [0.4, 0.5) is 0 Å². The molecule has 72 valence electrons. The summed E-state index contributed by atoms with van der Waals surface area (Å²) in [6, 6.07) is 0. The van der Waals surface area contributed by atoms with Gasteiger partial charge in [0.15, 0.2) is 0 Å². The zero-order valence-corrected chi connectivity index (χ0v) is 7.15. The van der Waals surface area contributed by atoms with Crippen molar-refractivity contribution >= 4 is 5.97 Å². The number of ether oxygens (including phenoxy) is 1. The Labute approximate surface area is 70.3 Å². The number of aliphatic hydroxyl groups is 1. The molecule has 0 spiro atoms. The first-order valence-corrected chi connectivity index (χ1v) is 3.46. The lowest BCUT2D eigenvalue weighted by Gasteiger charge is -1.93. The topological polar surface area (TPSA) is 89.7 Å². The fourth-order valence-electron chi connectivity index (χ4n) is 0.312. The summed E-state index contributed by atoms with van der Waals surface area (Å²) >= 11 is 0. The molecule has 0 aromatic carbocycles. The highest BCUT2D eigenvalue weighted by Gasteiger charge is 2.08. The van der Waals surface area contributed by atoms with E-state index in [1.807, 2.05) is 0 Å². The third kappa shape index (κ3) is 15.9. The number of nitro groups is 1. The van der Waals surface area contributed by atoms with Gasteiger partial charge in [-0.15, -0.1) is 0 Å². The standard InChI is InChI=1S/C4H7NO4.C2H6O/c1-2-9-4(6)3-5(7)8;1-2-3/h2-3H2,1H3;3H,2H2,1H3. The summed E-state index contributed by atoms with van der Waals surface area (Å²) in [5.74, 6) is -0.789. The normalized spacial score (nSPS) is 7.92. The molecule has 0 fully saturated rings. The van der Waals surface area contributed by atoms with Crippen molar-refractivity contribution in [3.8, 4) is 0 Å². The molecule has 0 aromatic heterocycles. The second-order valence-electron chi connectivity index (χ2n) is 1.61. The van der Waals surface area contributed by atoms with Crippen molar-refractivity contribution in [2.24, 2.45) is 0 Å². The van der Waals surface area contributed by atoms with E-state index in [1.165, 1.54) is 0 Å². The Morgan fingerprint density at radius 1 is 1.58 bits per heavy atom. The second kappa shape index (κ2) is 9.83. The highest BCUT2D eigenvalue weighted by molar-refractivity contribution is 5.70. The summed E-state index contributed by atoms with van der Waals surface area (Å²) in [7, 11) is 0. The molecule has 0 radical (unpaired) electrons. The largest absolute Gasteiger partial charge is 0.461 e. The lowest BCUT2D eigenvalue weighted by Crippen LogP contribution is -2.16. The molecule has 0 aliphatic rings. The Kier molecular flexibility index (Phi) is 11.0. The summed E-state index contributed by atoms with van der Waals surface area (Å²) in [6.45, 7) is 2.97. The average molecular weight is 179 g/mol. The van der Waals surface area contributed by atoms with Crippen LogP contribution in [-0.4, -0.2) is 35.8 Å². The van der Waals surface area contributed by atoms with Gasteiger partial charge in [0, 0.05) is 11.5 Å². The molecule has 0 bridgehead atoms. The van der Waals surface area contributed by atoms with E-state index in [-0.39, 0.29) is 13.2 Å². The van der Waals surface area contributed by atoms with Crippen LogP contribution in [0.1, 0.15) is 13.8 Å². The Morgan fingerprint density at radius 2 is 2.00 bits per heavy atom. The van der Waals surface area contributed by atoms with Gasteiger partial charge in [-0.25, -0.2) is 4.79 Å². The zero-order valence-electron chi connectivity index (χ0n) is 7.15. The minimum Gasteiger partial charge on any atom is -0.461 e. The fourth-order valence-corrected chi connectivity index (χ4v) is 0.312. The van der Waals surface area contributed by atoms with E-state index < -0.39 is 17.4 Å². The molecule has 1 N–H and O–H groups in total. The van der Waals surface area contributed by atoms with Gasteiger partial charge in [-0.3, -0.25) is 10.1 Å². The number of esters is 1. The first kappa shape index (κ1) is 13.4. The fraction of sp³-hybridized carbons (Fsp3) is 0.833. The summed E-state index contributed by atoms with van der Waals surface area (Å²) in [5.41, 5.74) is 0. The molecular formula is C6H13NO5. The molecule has 0 saturated heterocycles. The number of carbonyl (C=O) groups excluding carboxylic acids is 1. The van der Waals surface area contributed by atoms with Crippen LogP contribution >= 0.6 is 0 Å². The molecule has 6 nitrogen and oxygen atoms in total. The van der Waals surface area contributed by atoms with Gasteiger partial charge < -0.3 is 9.84 Å². The van der Waals surface area contributed by atoms with Crippen LogP contribution in [0.3, 0.4) is 0 Å². The smallest absolute Gasteiger partial charge is 0.378 e. The van der Waals surface area contributed by atoms with Crippen molar-refractivity contribution in [3.05, 3.63) is 10.1 Å². The van der Waals surface area contributed by atoms with E-state index in [2.05, 4.69) is 4.74 Å². The quantitative estimate of drug-likeness (QED) is 0.369. The first-order valence-electron chi connectivity index (χ1n) is 3.46. The molecular weight excluding hydrogens is 166 g/mol. The van der Waals surface area contributed by atoms with Crippen LogP contribution in [0, 0.1) is 10.1 Å². The first-order chi connectivity index (χ1) is 5.58. The number of nitrogens with zero attached hydrogens (tertiary/aromatic N) is 1. The van der Waals surface area contributed by atoms with Crippen LogP contribution in [0.2, 0.25) is 0 Å². The number of hydrogen-bond acceptors (Lipinski definition) is 5. The molecule has 12 heavy (non-hydrogen) atoms. The maximum Gasteiger partial charge on any atom is 0.378 e. The summed E-state index contributed by atoms with van der Waals surface area (Å²) in [6.07, 6.45) is 0. The number of aliphatic hydroxyl groups excluding tert-OH is 1. The Hall–Kier alpha value is -1.17. The maximum absolute atomic E-state index is 10.2. The van der Waals surface area contributed by atoms with E-state index in [0.717, 1.165) is 0 Å². The van der Waals surface area contributed by atoms with Gasteiger partial charge in [-0.2, -0.15) is 0 Å². The van der Waals surface area contributed by atoms with Crippen LogP contribution in [0.25, 0.3) is 0 Å². The Bertz CT molecular complexity index is 136. The maximum atomic E-state index is 10.2. The molecule has 0 saturated carbocycles. The molecule has 0 aliphatic heterocycles. The van der Waals surface area contributed by atoms with Gasteiger partial charge in [0.05, 0.1) is 6.61 Å². The number of hydrogen-bond donors (Lipinski definition) is 1. The van der Waals surface area contributed by atoms with Crippen molar-refractivity contribution in [1.29, 1.82) is 0 Å². The molecule has 0 aliphatic carbocycles. The van der Waals surface area contributed by atoms with Gasteiger partial charge in [0.2, 0.25) is 0 Å². The van der Waals surface area contributed by atoms with Crippen LogP contribution in [-0.2, 0) is 9.53 Å². The van der Waals surface area contributed by atoms with Crippen molar-refractivity contribution in [3.63, 3.8) is 0 Å². The summed E-state index contributed by atoms with van der Waals surface area (Å²) in [5, 5.41) is 17.2. The molecule has 6 heteroatoms. The van der Waals surface area contributed by atoms with Crippen molar-refractivity contribution in [2.75, 3.05) is 19.8 Å². The highest BCUT2D eigenvalue weighted by Crippen LogP contribution is 1.77. The molecule has 0 heterocycles. The van der Waals surface area contributed by atoms with E-state index in [4.69, 9.17) is 5.11 Å². The van der Waals surface area contributed by atoms with E-state index in [9.17, 15) is 14.9 Å². The van der Waals surface area contributed by atoms with E-state index in [1.54, 1.807) is 13.8 Å². The van der Waals surface area contributed by atoms with Crippen molar-refractivity contribution in [1.82, 2.24) is 0 Å². The monoisotopic (exact) mass is 179 g/mol. The summed E-state index contributed by atoms with van der Waals surface area (Å²) < 4.78 is 4.27. The Balaban J connectivity index is 0. The Morgan fingerprint density at radius 3 is 2.25 bits per heavy atom. The minimum atomic E-state index is -0.789.